The predicted molar refractivity (Wildman–Crippen MR) is 74.8 cm³/mol. The zero-order valence-corrected chi connectivity index (χ0v) is 12.3. The van der Waals surface area contributed by atoms with Crippen molar-refractivity contribution in [2.24, 2.45) is 0 Å². The second-order valence-electron chi connectivity index (χ2n) is 5.06. The first-order valence-electron chi connectivity index (χ1n) is 6.46. The van der Waals surface area contributed by atoms with Crippen LogP contribution < -0.4 is 5.73 Å². The van der Waals surface area contributed by atoms with Crippen LogP contribution in [0.25, 0.3) is 11.0 Å². The molecule has 12 heteroatoms. The van der Waals surface area contributed by atoms with Gasteiger partial charge in [0.1, 0.15) is 41.0 Å². The molecule has 0 aromatic carbocycles. The van der Waals surface area contributed by atoms with E-state index in [4.69, 9.17) is 15.6 Å². The van der Waals surface area contributed by atoms with Crippen molar-refractivity contribution in [1.29, 1.82) is 0 Å². The fourth-order valence-corrected chi connectivity index (χ4v) is 3.27. The van der Waals surface area contributed by atoms with Crippen molar-refractivity contribution < 1.29 is 33.0 Å². The summed E-state index contributed by atoms with van der Waals surface area (Å²) >= 11 is 0. The van der Waals surface area contributed by atoms with Crippen molar-refractivity contribution in [1.82, 2.24) is 14.5 Å². The molecule has 3 heterocycles. The maximum Gasteiger partial charge on any atom is 0.296 e. The van der Waals surface area contributed by atoms with Crippen LogP contribution in [-0.2, 0) is 14.9 Å². The summed E-state index contributed by atoms with van der Waals surface area (Å²) < 4.78 is 38.8. The summed E-state index contributed by atoms with van der Waals surface area (Å²) in [4.78, 5) is 7.01. The molecule has 4 unspecified atom stereocenters. The zero-order chi connectivity index (χ0) is 16.9. The molecule has 1 saturated heterocycles. The second kappa shape index (κ2) is 5.36. The minimum absolute atomic E-state index is 0.0139. The van der Waals surface area contributed by atoms with Crippen molar-refractivity contribution in [3.63, 3.8) is 0 Å². The molecule has 11 nitrogen and oxygen atoms in total. The standard InChI is InChI=1S/C11H14N4O7S/c12-9-6-5(23(19,20)21)1-15(10(6)14-3-13-9)11-8(18)7(17)4(2-16)22-11/h1,3-4,7-8,11,16-18H,2H2,(H2,12,13,14)(H,19,20,21). The van der Waals surface area contributed by atoms with Gasteiger partial charge in [0.15, 0.2) is 6.23 Å². The van der Waals surface area contributed by atoms with E-state index in [0.717, 1.165) is 17.1 Å². The van der Waals surface area contributed by atoms with Crippen molar-refractivity contribution in [2.45, 2.75) is 29.4 Å². The van der Waals surface area contributed by atoms with Gasteiger partial charge in [-0.1, -0.05) is 0 Å². The summed E-state index contributed by atoms with van der Waals surface area (Å²) in [5, 5.41) is 28.9. The number of hydrogen-bond acceptors (Lipinski definition) is 9. The lowest BCUT2D eigenvalue weighted by molar-refractivity contribution is -0.0510. The van der Waals surface area contributed by atoms with Gasteiger partial charge in [-0.2, -0.15) is 8.42 Å². The molecule has 1 aliphatic rings. The van der Waals surface area contributed by atoms with E-state index in [9.17, 15) is 23.2 Å². The number of fused-ring (bicyclic) bond motifs is 1. The number of nitrogens with zero attached hydrogens (tertiary/aromatic N) is 3. The van der Waals surface area contributed by atoms with Crippen LogP contribution >= 0.6 is 0 Å². The zero-order valence-electron chi connectivity index (χ0n) is 11.5. The van der Waals surface area contributed by atoms with Gasteiger partial charge in [-0.05, 0) is 0 Å². The van der Waals surface area contributed by atoms with Gasteiger partial charge in [-0.3, -0.25) is 4.55 Å². The first-order valence-corrected chi connectivity index (χ1v) is 7.90. The van der Waals surface area contributed by atoms with Gasteiger partial charge in [-0.25, -0.2) is 9.97 Å². The van der Waals surface area contributed by atoms with Crippen LogP contribution in [0.4, 0.5) is 5.82 Å². The highest BCUT2D eigenvalue weighted by molar-refractivity contribution is 7.86. The largest absolute Gasteiger partial charge is 0.394 e. The highest BCUT2D eigenvalue weighted by atomic mass is 32.2. The third-order valence-corrected chi connectivity index (χ3v) is 4.54. The minimum Gasteiger partial charge on any atom is -0.394 e. The van der Waals surface area contributed by atoms with E-state index >= 15 is 0 Å². The molecule has 2 aromatic rings. The van der Waals surface area contributed by atoms with Crippen LogP contribution in [-0.4, -0.2) is 67.7 Å². The van der Waals surface area contributed by atoms with Crippen LogP contribution in [0.5, 0.6) is 0 Å². The molecule has 23 heavy (non-hydrogen) atoms. The summed E-state index contributed by atoms with van der Waals surface area (Å²) in [6, 6.07) is 0. The molecule has 3 rings (SSSR count). The smallest absolute Gasteiger partial charge is 0.296 e. The number of nitrogens with two attached hydrogens (primary N) is 1. The van der Waals surface area contributed by atoms with E-state index in [1.165, 1.54) is 0 Å². The Bertz CT molecular complexity index is 851. The molecule has 126 valence electrons. The third kappa shape index (κ3) is 2.45. The number of nitrogen functional groups attached to an aromatic ring is 1. The third-order valence-electron chi connectivity index (χ3n) is 3.67. The lowest BCUT2D eigenvalue weighted by Crippen LogP contribution is -2.33. The number of ether oxygens (including phenoxy) is 1. The maximum absolute atomic E-state index is 11.5. The SMILES string of the molecule is Nc1ncnc2c1c(S(=O)(=O)O)cn2C1OC(CO)C(O)C1O. The van der Waals surface area contributed by atoms with Crippen LogP contribution in [0, 0.1) is 0 Å². The lowest BCUT2D eigenvalue weighted by atomic mass is 10.1. The average Bonchev–Trinajstić information content (AvgIpc) is 3.00. The topological polar surface area (TPSA) is 181 Å². The van der Waals surface area contributed by atoms with Crippen molar-refractivity contribution in [3.05, 3.63) is 12.5 Å². The van der Waals surface area contributed by atoms with E-state index in [1.807, 2.05) is 0 Å². The van der Waals surface area contributed by atoms with Gasteiger partial charge in [0.05, 0.1) is 12.0 Å². The lowest BCUT2D eigenvalue weighted by Gasteiger charge is -2.17. The highest BCUT2D eigenvalue weighted by Gasteiger charge is 2.44. The summed E-state index contributed by atoms with van der Waals surface area (Å²) in [6.07, 6.45) is -3.06. The van der Waals surface area contributed by atoms with Gasteiger partial charge in [-0.15, -0.1) is 0 Å². The van der Waals surface area contributed by atoms with Crippen LogP contribution in [0.2, 0.25) is 0 Å². The molecule has 1 fully saturated rings. The van der Waals surface area contributed by atoms with E-state index in [0.29, 0.717) is 0 Å². The fraction of sp³-hybridized carbons (Fsp3) is 0.455. The Morgan fingerprint density at radius 1 is 1.30 bits per heavy atom. The van der Waals surface area contributed by atoms with E-state index in [2.05, 4.69) is 9.97 Å². The number of rotatable bonds is 3. The summed E-state index contributed by atoms with van der Waals surface area (Å²) in [5.41, 5.74) is 5.63. The Morgan fingerprint density at radius 2 is 2.00 bits per heavy atom. The monoisotopic (exact) mass is 346 g/mol. The number of anilines is 1. The normalized spacial score (nSPS) is 28.5. The summed E-state index contributed by atoms with van der Waals surface area (Å²) in [5.74, 6) is -0.187. The number of aliphatic hydroxyl groups excluding tert-OH is 3. The molecule has 4 atom stereocenters. The summed E-state index contributed by atoms with van der Waals surface area (Å²) in [6.45, 7) is -0.545. The van der Waals surface area contributed by atoms with E-state index in [1.54, 1.807) is 0 Å². The van der Waals surface area contributed by atoms with Gasteiger partial charge in [0.25, 0.3) is 10.1 Å². The first kappa shape index (κ1) is 16.0. The molecule has 0 bridgehead atoms. The molecule has 0 saturated carbocycles. The van der Waals surface area contributed by atoms with Gasteiger partial charge in [0, 0.05) is 6.20 Å². The molecule has 0 aliphatic carbocycles. The highest BCUT2D eigenvalue weighted by Crippen LogP contribution is 2.35. The van der Waals surface area contributed by atoms with Crippen LogP contribution in [0.3, 0.4) is 0 Å². The van der Waals surface area contributed by atoms with Gasteiger partial charge in [0.2, 0.25) is 0 Å². The molecule has 1 aliphatic heterocycles. The number of aromatic nitrogens is 3. The molecule has 0 radical (unpaired) electrons. The van der Waals surface area contributed by atoms with Crippen molar-refractivity contribution in [3.8, 4) is 0 Å². The van der Waals surface area contributed by atoms with E-state index in [-0.39, 0.29) is 16.9 Å². The molecule has 0 amide bonds. The Morgan fingerprint density at radius 3 is 2.57 bits per heavy atom. The molecule has 6 N–H and O–H groups in total. The molecular formula is C11H14N4O7S. The van der Waals surface area contributed by atoms with Gasteiger partial charge >= 0.3 is 0 Å². The molecule has 2 aromatic heterocycles. The quantitative estimate of drug-likeness (QED) is 0.385. The predicted octanol–water partition coefficient (Wildman–Crippen LogP) is -2.13. The number of hydrogen-bond donors (Lipinski definition) is 5. The first-order chi connectivity index (χ1) is 10.8. The van der Waals surface area contributed by atoms with Crippen LogP contribution in [0.15, 0.2) is 17.4 Å². The van der Waals surface area contributed by atoms with Gasteiger partial charge < -0.3 is 30.4 Å². The average molecular weight is 346 g/mol. The van der Waals surface area contributed by atoms with Crippen molar-refractivity contribution in [2.75, 3.05) is 12.3 Å². The van der Waals surface area contributed by atoms with Crippen molar-refractivity contribution >= 4 is 27.0 Å². The Labute approximate surface area is 129 Å². The number of aliphatic hydroxyl groups is 3. The fourth-order valence-electron chi connectivity index (χ4n) is 2.57. The second-order valence-corrected chi connectivity index (χ2v) is 6.45. The Kier molecular flexibility index (Phi) is 3.74. The van der Waals surface area contributed by atoms with E-state index < -0.39 is 46.2 Å². The Balaban J connectivity index is 2.22. The molecular weight excluding hydrogens is 332 g/mol. The molecule has 0 spiro atoms. The minimum atomic E-state index is -4.64. The Hall–Kier alpha value is -1.83. The maximum atomic E-state index is 11.5. The van der Waals surface area contributed by atoms with Crippen LogP contribution in [0.1, 0.15) is 6.23 Å². The summed E-state index contributed by atoms with van der Waals surface area (Å²) in [7, 11) is -4.64.